The van der Waals surface area contributed by atoms with Gasteiger partial charge in [-0.2, -0.15) is 0 Å². The van der Waals surface area contributed by atoms with E-state index in [1.807, 2.05) is 31.2 Å². The second kappa shape index (κ2) is 9.39. The average molecular weight is 406 g/mol. The third-order valence-corrected chi connectivity index (χ3v) is 5.40. The van der Waals surface area contributed by atoms with Crippen molar-refractivity contribution in [2.24, 2.45) is 4.99 Å². The van der Waals surface area contributed by atoms with E-state index in [4.69, 9.17) is 9.47 Å². The zero-order valence-corrected chi connectivity index (χ0v) is 17.4. The topological polar surface area (TPSA) is 77.0 Å². The molecule has 1 aliphatic heterocycles. The summed E-state index contributed by atoms with van der Waals surface area (Å²) < 4.78 is 10.8. The number of carbonyl (C=O) groups excluding carboxylic acids is 2. The lowest BCUT2D eigenvalue weighted by molar-refractivity contribution is -0.137. The van der Waals surface area contributed by atoms with Gasteiger partial charge in [0.05, 0.1) is 18.4 Å². The number of dihydropyridines is 1. The number of ether oxygens (including phenoxy) is 2. The number of Topliss-reactive ketones (excluding diaryl/α,β-unsaturated/α-hetero) is 1. The molecule has 3 rings (SSSR count). The van der Waals surface area contributed by atoms with Gasteiger partial charge in [0, 0.05) is 41.9 Å². The van der Waals surface area contributed by atoms with Crippen molar-refractivity contribution in [1.29, 1.82) is 0 Å². The van der Waals surface area contributed by atoms with E-state index < -0.39 is 5.97 Å². The maximum atomic E-state index is 12.9. The van der Waals surface area contributed by atoms with Crippen LogP contribution in [0.15, 0.2) is 77.2 Å². The molecule has 1 aromatic carbocycles. The predicted octanol–water partition coefficient (Wildman–Crippen LogP) is 3.98. The molecule has 6 heteroatoms. The van der Waals surface area contributed by atoms with Crippen LogP contribution < -0.4 is 10.1 Å². The molecule has 1 aliphatic carbocycles. The van der Waals surface area contributed by atoms with Crippen molar-refractivity contribution >= 4 is 17.5 Å². The summed E-state index contributed by atoms with van der Waals surface area (Å²) in [6, 6.07) is 7.77. The summed E-state index contributed by atoms with van der Waals surface area (Å²) in [4.78, 5) is 29.5. The van der Waals surface area contributed by atoms with Gasteiger partial charge in [0.15, 0.2) is 5.78 Å². The van der Waals surface area contributed by atoms with Gasteiger partial charge in [0.2, 0.25) is 0 Å². The van der Waals surface area contributed by atoms with Gasteiger partial charge in [-0.3, -0.25) is 9.79 Å². The minimum atomic E-state index is -0.468. The summed E-state index contributed by atoms with van der Waals surface area (Å²) in [6.07, 6.45) is 4.22. The van der Waals surface area contributed by atoms with Gasteiger partial charge in [0.25, 0.3) is 0 Å². The fourth-order valence-electron chi connectivity index (χ4n) is 3.84. The van der Waals surface area contributed by atoms with Crippen molar-refractivity contribution in [2.75, 3.05) is 13.7 Å². The second-order valence-electron chi connectivity index (χ2n) is 7.22. The van der Waals surface area contributed by atoms with E-state index in [1.54, 1.807) is 7.11 Å². The maximum absolute atomic E-state index is 12.9. The third-order valence-electron chi connectivity index (χ3n) is 5.40. The van der Waals surface area contributed by atoms with Crippen LogP contribution >= 0.6 is 0 Å². The Kier molecular flexibility index (Phi) is 6.67. The first kappa shape index (κ1) is 21.3. The highest BCUT2D eigenvalue weighted by atomic mass is 16.5. The molecule has 1 N–H and O–H groups in total. The molecule has 0 spiro atoms. The zero-order valence-electron chi connectivity index (χ0n) is 17.4. The first-order valence-electron chi connectivity index (χ1n) is 9.80. The minimum absolute atomic E-state index is 0.000854. The van der Waals surface area contributed by atoms with Gasteiger partial charge >= 0.3 is 5.97 Å². The quantitative estimate of drug-likeness (QED) is 0.548. The Morgan fingerprint density at radius 1 is 1.30 bits per heavy atom. The number of methoxy groups -OCH3 is 1. The summed E-state index contributed by atoms with van der Waals surface area (Å²) in [5, 5.41) is 3.27. The standard InChI is InChI=1S/C24H26N2O4/c1-5-17(25-6-2)14-30-24(28)19-13-20-21(26-15(19)3)11-16(12-22(20)27)18-9-7-8-10-23(18)29-4/h5-10,16,26H,1-2,11-14H2,3-4H3/t16-/m1/s1. The van der Waals surface area contributed by atoms with Gasteiger partial charge in [0.1, 0.15) is 12.4 Å². The van der Waals surface area contributed by atoms with E-state index >= 15 is 0 Å². The van der Waals surface area contributed by atoms with Crippen LogP contribution in [0.1, 0.15) is 37.7 Å². The molecule has 0 amide bonds. The van der Waals surface area contributed by atoms with Crippen LogP contribution in [-0.4, -0.2) is 31.2 Å². The molecule has 156 valence electrons. The van der Waals surface area contributed by atoms with Gasteiger partial charge in [-0.25, -0.2) is 4.79 Å². The largest absolute Gasteiger partial charge is 0.496 e. The lowest BCUT2D eigenvalue weighted by Gasteiger charge is -2.32. The molecule has 0 fully saturated rings. The van der Waals surface area contributed by atoms with Crippen molar-refractivity contribution in [3.63, 3.8) is 0 Å². The van der Waals surface area contributed by atoms with Gasteiger partial charge in [-0.05, 0) is 31.1 Å². The number of aliphatic imine (C=N–C) groups is 1. The summed E-state index contributed by atoms with van der Waals surface area (Å²) in [7, 11) is 1.63. The number of nitrogens with one attached hydrogen (secondary N) is 1. The second-order valence-corrected chi connectivity index (χ2v) is 7.22. The average Bonchev–Trinajstić information content (AvgIpc) is 2.75. The summed E-state index contributed by atoms with van der Waals surface area (Å²) >= 11 is 0. The Labute approximate surface area is 176 Å². The number of rotatable bonds is 7. The highest BCUT2D eigenvalue weighted by Crippen LogP contribution is 2.41. The van der Waals surface area contributed by atoms with Gasteiger partial charge in [-0.1, -0.05) is 31.4 Å². The summed E-state index contributed by atoms with van der Waals surface area (Å²) in [6.45, 7) is 8.99. The molecule has 30 heavy (non-hydrogen) atoms. The van der Waals surface area contributed by atoms with E-state index in [2.05, 4.69) is 23.5 Å². The van der Waals surface area contributed by atoms with Crippen molar-refractivity contribution < 1.29 is 19.1 Å². The number of carbonyl (C=O) groups is 2. The Bertz CT molecular complexity index is 985. The van der Waals surface area contributed by atoms with Crippen LogP contribution in [0.4, 0.5) is 0 Å². The monoisotopic (exact) mass is 406 g/mol. The first-order valence-corrected chi connectivity index (χ1v) is 9.80. The number of para-hydroxylation sites is 1. The van der Waals surface area contributed by atoms with Crippen molar-refractivity contribution in [2.45, 2.75) is 32.1 Å². The number of nitrogens with zero attached hydrogens (tertiary/aromatic N) is 1. The smallest absolute Gasteiger partial charge is 0.336 e. The fourth-order valence-corrected chi connectivity index (χ4v) is 3.84. The summed E-state index contributed by atoms with van der Waals surface area (Å²) in [5.41, 5.74) is 4.21. The van der Waals surface area contributed by atoms with Crippen LogP contribution in [0, 0.1) is 0 Å². The van der Waals surface area contributed by atoms with Crippen LogP contribution in [0.5, 0.6) is 5.75 Å². The lowest BCUT2D eigenvalue weighted by atomic mass is 9.78. The van der Waals surface area contributed by atoms with E-state index in [1.165, 1.54) is 12.3 Å². The lowest BCUT2D eigenvalue weighted by Crippen LogP contribution is -2.32. The van der Waals surface area contributed by atoms with E-state index in [0.717, 1.165) is 17.0 Å². The molecule has 0 aromatic heterocycles. The highest BCUT2D eigenvalue weighted by Gasteiger charge is 2.34. The molecule has 2 aliphatic rings. The van der Waals surface area contributed by atoms with Gasteiger partial charge in [-0.15, -0.1) is 0 Å². The van der Waals surface area contributed by atoms with Crippen LogP contribution in [0.3, 0.4) is 0 Å². The molecular weight excluding hydrogens is 380 g/mol. The number of ketones is 1. The number of hydrogen-bond acceptors (Lipinski definition) is 6. The molecular formula is C24H26N2O4. The maximum Gasteiger partial charge on any atom is 0.336 e. The molecule has 1 atom stereocenters. The SMILES string of the molecule is C=CN=C(C=C)COC(=O)C1=C(C)NC2=C(C1)C(=O)C[C@H](c1ccccc1OC)C2. The van der Waals surface area contributed by atoms with E-state index in [-0.39, 0.29) is 24.7 Å². The van der Waals surface area contributed by atoms with Crippen molar-refractivity contribution in [3.05, 3.63) is 77.8 Å². The molecule has 0 unspecified atom stereocenters. The third kappa shape index (κ3) is 4.43. The van der Waals surface area contributed by atoms with Crippen molar-refractivity contribution in [3.8, 4) is 5.75 Å². The molecule has 0 radical (unpaired) electrons. The molecule has 0 saturated carbocycles. The number of allylic oxidation sites excluding steroid dienone is 3. The first-order chi connectivity index (χ1) is 14.5. The zero-order chi connectivity index (χ0) is 21.7. The Hall–Kier alpha value is -3.41. The Balaban J connectivity index is 1.75. The number of benzene rings is 1. The normalized spacial score (nSPS) is 19.1. The predicted molar refractivity (Wildman–Crippen MR) is 116 cm³/mol. The molecule has 6 nitrogen and oxygen atoms in total. The van der Waals surface area contributed by atoms with Crippen LogP contribution in [-0.2, 0) is 14.3 Å². The van der Waals surface area contributed by atoms with Crippen LogP contribution in [0.2, 0.25) is 0 Å². The number of hydrogen-bond donors (Lipinski definition) is 1. The van der Waals surface area contributed by atoms with Gasteiger partial charge < -0.3 is 14.8 Å². The van der Waals surface area contributed by atoms with E-state index in [9.17, 15) is 9.59 Å². The molecule has 1 aromatic rings. The Morgan fingerprint density at radius 2 is 2.07 bits per heavy atom. The molecule has 0 bridgehead atoms. The molecule has 1 heterocycles. The number of esters is 1. The summed E-state index contributed by atoms with van der Waals surface area (Å²) in [5.74, 6) is 0.389. The minimum Gasteiger partial charge on any atom is -0.496 e. The van der Waals surface area contributed by atoms with E-state index in [0.29, 0.717) is 35.4 Å². The highest BCUT2D eigenvalue weighted by molar-refractivity contribution is 6.02. The van der Waals surface area contributed by atoms with Crippen molar-refractivity contribution in [1.82, 2.24) is 5.32 Å². The molecule has 0 saturated heterocycles. The van der Waals surface area contributed by atoms with Crippen LogP contribution in [0.25, 0.3) is 0 Å². The fraction of sp³-hybridized carbons (Fsp3) is 0.292. The Morgan fingerprint density at radius 3 is 2.77 bits per heavy atom.